The van der Waals surface area contributed by atoms with Gasteiger partial charge in [0, 0.05) is 51.3 Å². The molecule has 0 aliphatic carbocycles. The second kappa shape index (κ2) is 7.10. The van der Waals surface area contributed by atoms with Crippen LogP contribution in [0.1, 0.15) is 17.1 Å². The molecule has 3 rings (SSSR count). The minimum Gasteiger partial charge on any atom is -0.323 e. The van der Waals surface area contributed by atoms with E-state index in [0.717, 1.165) is 55.5 Å². The number of carbonyl (C=O) groups is 1. The Kier molecular flexibility index (Phi) is 4.92. The summed E-state index contributed by atoms with van der Waals surface area (Å²) >= 11 is 1.69. The molecule has 0 radical (unpaired) electrons. The number of aryl methyl sites for hydroxylation is 2. The van der Waals surface area contributed by atoms with Crippen LogP contribution in [0.3, 0.4) is 0 Å². The van der Waals surface area contributed by atoms with E-state index < -0.39 is 0 Å². The van der Waals surface area contributed by atoms with Crippen LogP contribution >= 0.6 is 11.3 Å². The Balaban J connectivity index is 1.52. The lowest BCUT2D eigenvalue weighted by atomic mass is 10.3. The van der Waals surface area contributed by atoms with Crippen molar-refractivity contribution >= 4 is 23.1 Å². The largest absolute Gasteiger partial charge is 0.323 e. The first-order chi connectivity index (χ1) is 11.1. The number of anilines is 1. The Hall–Kier alpha value is -1.93. The zero-order chi connectivity index (χ0) is 16.2. The van der Waals surface area contributed by atoms with E-state index >= 15 is 0 Å². The number of urea groups is 1. The average Bonchev–Trinajstić information content (AvgIpc) is 3.02. The van der Waals surface area contributed by atoms with Gasteiger partial charge < -0.3 is 10.2 Å². The van der Waals surface area contributed by atoms with Crippen molar-refractivity contribution in [2.75, 3.05) is 31.5 Å². The van der Waals surface area contributed by atoms with E-state index in [4.69, 9.17) is 0 Å². The maximum Gasteiger partial charge on any atom is 0.321 e. The summed E-state index contributed by atoms with van der Waals surface area (Å²) in [5.74, 6) is 0. The number of rotatable bonds is 3. The number of hydrogen-bond acceptors (Lipinski definition) is 5. The highest BCUT2D eigenvalue weighted by Crippen LogP contribution is 2.13. The maximum atomic E-state index is 12.3. The van der Waals surface area contributed by atoms with Gasteiger partial charge in [0.1, 0.15) is 0 Å². The molecule has 0 unspecified atom stereocenters. The zero-order valence-corrected chi connectivity index (χ0v) is 14.3. The second-order valence-corrected chi connectivity index (χ2v) is 6.87. The summed E-state index contributed by atoms with van der Waals surface area (Å²) in [6, 6.07) is -0.0515. The molecule has 0 atom stereocenters. The molecule has 2 aromatic heterocycles. The van der Waals surface area contributed by atoms with E-state index in [0.29, 0.717) is 0 Å². The molecule has 1 fully saturated rings. The molecule has 0 aromatic carbocycles. The van der Waals surface area contributed by atoms with Crippen LogP contribution < -0.4 is 5.32 Å². The van der Waals surface area contributed by atoms with Gasteiger partial charge >= 0.3 is 6.03 Å². The molecule has 124 valence electrons. The molecular formula is C15H22N6OS. The fraction of sp³-hybridized carbons (Fsp3) is 0.533. The van der Waals surface area contributed by atoms with Crippen molar-refractivity contribution in [2.24, 2.45) is 7.05 Å². The first-order valence-corrected chi connectivity index (χ1v) is 8.66. The normalized spacial score (nSPS) is 16.3. The lowest BCUT2D eigenvalue weighted by molar-refractivity contribution is 0.211. The van der Waals surface area contributed by atoms with Crippen molar-refractivity contribution in [1.29, 1.82) is 0 Å². The SMILES string of the molecule is Cc1nc(CN2CCCN(C(=O)Nc3cnn(C)c3)CC2)cs1. The van der Waals surface area contributed by atoms with Gasteiger partial charge in [-0.1, -0.05) is 0 Å². The summed E-state index contributed by atoms with van der Waals surface area (Å²) < 4.78 is 1.68. The molecule has 1 N–H and O–H groups in total. The van der Waals surface area contributed by atoms with Gasteiger partial charge in [0.2, 0.25) is 0 Å². The van der Waals surface area contributed by atoms with Crippen LogP contribution in [0.2, 0.25) is 0 Å². The highest BCUT2D eigenvalue weighted by Gasteiger charge is 2.20. The van der Waals surface area contributed by atoms with Crippen molar-refractivity contribution < 1.29 is 4.79 Å². The van der Waals surface area contributed by atoms with Crippen LogP contribution in [0.15, 0.2) is 17.8 Å². The Morgan fingerprint density at radius 3 is 2.91 bits per heavy atom. The van der Waals surface area contributed by atoms with Gasteiger partial charge in [-0.15, -0.1) is 11.3 Å². The number of thiazole rings is 1. The molecule has 0 spiro atoms. The Morgan fingerprint density at radius 1 is 1.35 bits per heavy atom. The summed E-state index contributed by atoms with van der Waals surface area (Å²) in [6.45, 7) is 6.27. The van der Waals surface area contributed by atoms with Crippen molar-refractivity contribution in [3.8, 4) is 0 Å². The molecule has 1 aliphatic heterocycles. The fourth-order valence-electron chi connectivity index (χ4n) is 2.73. The summed E-state index contributed by atoms with van der Waals surface area (Å²) in [6.07, 6.45) is 4.43. The van der Waals surface area contributed by atoms with Crippen LogP contribution in [0.4, 0.5) is 10.5 Å². The van der Waals surface area contributed by atoms with Crippen LogP contribution in [-0.2, 0) is 13.6 Å². The van der Waals surface area contributed by atoms with Gasteiger partial charge in [0.05, 0.1) is 22.6 Å². The molecule has 3 heterocycles. The zero-order valence-electron chi connectivity index (χ0n) is 13.5. The highest BCUT2D eigenvalue weighted by atomic mass is 32.1. The third kappa shape index (κ3) is 4.29. The van der Waals surface area contributed by atoms with Gasteiger partial charge in [0.25, 0.3) is 0 Å². The number of hydrogen-bond donors (Lipinski definition) is 1. The molecule has 1 saturated heterocycles. The van der Waals surface area contributed by atoms with Crippen LogP contribution in [-0.4, -0.2) is 56.8 Å². The summed E-state index contributed by atoms with van der Waals surface area (Å²) in [5.41, 5.74) is 1.86. The smallest absolute Gasteiger partial charge is 0.321 e. The highest BCUT2D eigenvalue weighted by molar-refractivity contribution is 7.09. The summed E-state index contributed by atoms with van der Waals surface area (Å²) in [5, 5.41) is 10.2. The second-order valence-electron chi connectivity index (χ2n) is 5.81. The predicted octanol–water partition coefficient (Wildman–Crippen LogP) is 1.92. The number of carbonyl (C=O) groups excluding carboxylic acids is 1. The lowest BCUT2D eigenvalue weighted by Crippen LogP contribution is -2.37. The minimum atomic E-state index is -0.0515. The van der Waals surface area contributed by atoms with E-state index in [1.165, 1.54) is 0 Å². The van der Waals surface area contributed by atoms with Gasteiger partial charge in [0.15, 0.2) is 0 Å². The minimum absolute atomic E-state index is 0.0515. The first kappa shape index (κ1) is 15.9. The van der Waals surface area contributed by atoms with E-state index in [1.807, 2.05) is 18.9 Å². The molecule has 23 heavy (non-hydrogen) atoms. The maximum absolute atomic E-state index is 12.3. The van der Waals surface area contributed by atoms with Crippen LogP contribution in [0, 0.1) is 6.92 Å². The van der Waals surface area contributed by atoms with E-state index in [-0.39, 0.29) is 6.03 Å². The fourth-order valence-corrected chi connectivity index (χ4v) is 3.33. The van der Waals surface area contributed by atoms with Crippen molar-refractivity contribution in [3.05, 3.63) is 28.5 Å². The molecule has 7 nitrogen and oxygen atoms in total. The molecule has 1 aliphatic rings. The van der Waals surface area contributed by atoms with Crippen molar-refractivity contribution in [1.82, 2.24) is 24.6 Å². The van der Waals surface area contributed by atoms with Gasteiger partial charge in [-0.3, -0.25) is 9.58 Å². The first-order valence-electron chi connectivity index (χ1n) is 7.78. The van der Waals surface area contributed by atoms with Crippen LogP contribution in [0.25, 0.3) is 0 Å². The molecule has 2 amide bonds. The lowest BCUT2D eigenvalue weighted by Gasteiger charge is -2.21. The molecule has 0 bridgehead atoms. The van der Waals surface area contributed by atoms with Crippen molar-refractivity contribution in [2.45, 2.75) is 19.9 Å². The average molecular weight is 334 g/mol. The molecule has 2 aromatic rings. The number of nitrogens with zero attached hydrogens (tertiary/aromatic N) is 5. The molecule has 0 saturated carbocycles. The topological polar surface area (TPSA) is 66.3 Å². The monoisotopic (exact) mass is 334 g/mol. The van der Waals surface area contributed by atoms with E-state index in [9.17, 15) is 4.79 Å². The third-order valence-electron chi connectivity index (χ3n) is 3.88. The molecular weight excluding hydrogens is 312 g/mol. The molecule has 8 heteroatoms. The quantitative estimate of drug-likeness (QED) is 0.931. The van der Waals surface area contributed by atoms with Gasteiger partial charge in [-0.2, -0.15) is 5.10 Å². The summed E-state index contributed by atoms with van der Waals surface area (Å²) in [4.78, 5) is 21.1. The van der Waals surface area contributed by atoms with Gasteiger partial charge in [-0.25, -0.2) is 9.78 Å². The predicted molar refractivity (Wildman–Crippen MR) is 90.5 cm³/mol. The van der Waals surface area contributed by atoms with Crippen molar-refractivity contribution in [3.63, 3.8) is 0 Å². The van der Waals surface area contributed by atoms with E-state index in [1.54, 1.807) is 28.4 Å². The Morgan fingerprint density at radius 2 is 2.22 bits per heavy atom. The number of nitrogens with one attached hydrogen (secondary N) is 1. The Bertz CT molecular complexity index is 666. The third-order valence-corrected chi connectivity index (χ3v) is 4.71. The van der Waals surface area contributed by atoms with Gasteiger partial charge in [-0.05, 0) is 13.3 Å². The van der Waals surface area contributed by atoms with E-state index in [2.05, 4.69) is 25.7 Å². The standard InChI is InChI=1S/C15H22N6OS/c1-12-17-14(11-23-12)10-20-4-3-5-21(7-6-20)15(22)18-13-8-16-19(2)9-13/h8-9,11H,3-7,10H2,1-2H3,(H,18,22). The number of aromatic nitrogens is 3. The Labute approximate surface area is 139 Å². The van der Waals surface area contributed by atoms with Crippen LogP contribution in [0.5, 0.6) is 0 Å². The number of amides is 2. The summed E-state index contributed by atoms with van der Waals surface area (Å²) in [7, 11) is 1.83.